The monoisotopic (exact) mass is 350 g/mol. The maximum absolute atomic E-state index is 12.5. The van der Waals surface area contributed by atoms with Gasteiger partial charge in [0.2, 0.25) is 0 Å². The molecule has 0 bridgehead atoms. The Bertz CT molecular complexity index is 860. The normalized spacial score (nSPS) is 12.2. The van der Waals surface area contributed by atoms with Crippen LogP contribution in [0.25, 0.3) is 0 Å². The second-order valence-electron chi connectivity index (χ2n) is 6.32. The molecule has 1 amide bonds. The molecule has 1 aromatic carbocycles. The summed E-state index contributed by atoms with van der Waals surface area (Å²) in [6.07, 6.45) is 1.68. The van der Waals surface area contributed by atoms with Crippen molar-refractivity contribution < 1.29 is 9.21 Å². The van der Waals surface area contributed by atoms with Gasteiger partial charge in [-0.25, -0.2) is 0 Å². The average Bonchev–Trinajstić information content (AvgIpc) is 3.18. The number of furan rings is 1. The molecule has 134 valence electrons. The average molecular weight is 350 g/mol. The van der Waals surface area contributed by atoms with Gasteiger partial charge in [0.05, 0.1) is 18.0 Å². The Morgan fingerprint density at radius 1 is 1.19 bits per heavy atom. The molecule has 0 spiro atoms. The van der Waals surface area contributed by atoms with Gasteiger partial charge in [0, 0.05) is 12.1 Å². The second kappa shape index (κ2) is 7.93. The van der Waals surface area contributed by atoms with E-state index in [-0.39, 0.29) is 11.9 Å². The van der Waals surface area contributed by atoms with Crippen molar-refractivity contribution in [3.8, 4) is 0 Å². The lowest BCUT2D eigenvalue weighted by atomic mass is 10.1. The summed E-state index contributed by atoms with van der Waals surface area (Å²) in [5.41, 5.74) is 2.44. The van der Waals surface area contributed by atoms with Crippen LogP contribution in [0, 0.1) is 6.92 Å². The van der Waals surface area contributed by atoms with Crippen LogP contribution in [0.5, 0.6) is 0 Å². The number of amides is 1. The number of nitrogens with zero attached hydrogens (tertiary/aromatic N) is 3. The van der Waals surface area contributed by atoms with E-state index in [1.807, 2.05) is 50.4 Å². The third kappa shape index (κ3) is 4.34. The fourth-order valence-electron chi connectivity index (χ4n) is 2.64. The van der Waals surface area contributed by atoms with Crippen molar-refractivity contribution in [1.82, 2.24) is 15.1 Å². The Labute approximate surface area is 152 Å². The van der Waals surface area contributed by atoms with E-state index in [9.17, 15) is 4.79 Å². The minimum atomic E-state index is -0.202. The molecule has 2 heterocycles. The Morgan fingerprint density at radius 2 is 2.04 bits per heavy atom. The van der Waals surface area contributed by atoms with Crippen LogP contribution >= 0.6 is 0 Å². The lowest BCUT2D eigenvalue weighted by Crippen LogP contribution is -2.22. The predicted molar refractivity (Wildman–Crippen MR) is 99.8 cm³/mol. The fraction of sp³-hybridized carbons (Fsp3) is 0.250. The van der Waals surface area contributed by atoms with E-state index in [0.717, 1.165) is 17.0 Å². The second-order valence-corrected chi connectivity index (χ2v) is 6.32. The summed E-state index contributed by atoms with van der Waals surface area (Å²) >= 11 is 0. The molecule has 1 atom stereocenters. The van der Waals surface area contributed by atoms with E-state index >= 15 is 0 Å². The Hall–Kier alpha value is -2.99. The number of hydrogen-bond acceptors (Lipinski definition) is 5. The molecule has 3 aromatic rings. The molecule has 0 aliphatic carbocycles. The fourth-order valence-corrected chi connectivity index (χ4v) is 2.64. The molecular formula is C20H22N4O2. The van der Waals surface area contributed by atoms with Gasteiger partial charge < -0.3 is 9.73 Å². The van der Waals surface area contributed by atoms with Gasteiger partial charge in [-0.15, -0.1) is 5.10 Å². The number of nitrogens with one attached hydrogen (secondary N) is 1. The third-order valence-electron chi connectivity index (χ3n) is 4.28. The van der Waals surface area contributed by atoms with Gasteiger partial charge in [-0.1, -0.05) is 12.1 Å². The minimum Gasteiger partial charge on any atom is -0.468 e. The van der Waals surface area contributed by atoms with Gasteiger partial charge in [-0.3, -0.25) is 9.69 Å². The van der Waals surface area contributed by atoms with E-state index < -0.39 is 0 Å². The first-order valence-electron chi connectivity index (χ1n) is 8.47. The van der Waals surface area contributed by atoms with Crippen LogP contribution in [0.1, 0.15) is 40.3 Å². The minimum absolute atomic E-state index is 0.144. The maximum atomic E-state index is 12.5. The highest BCUT2D eigenvalue weighted by Crippen LogP contribution is 2.21. The van der Waals surface area contributed by atoms with E-state index in [2.05, 4.69) is 27.3 Å². The number of hydrogen-bond donors (Lipinski definition) is 1. The molecular weight excluding hydrogens is 328 g/mol. The first-order chi connectivity index (χ1) is 12.5. The number of anilines is 1. The van der Waals surface area contributed by atoms with Crippen molar-refractivity contribution in [2.45, 2.75) is 26.4 Å². The molecule has 0 fully saturated rings. The van der Waals surface area contributed by atoms with Crippen LogP contribution in [-0.4, -0.2) is 28.1 Å². The largest absolute Gasteiger partial charge is 0.468 e. The smallest absolute Gasteiger partial charge is 0.256 e. The SMILES string of the molecule is Cc1ccc(NC(=O)c2cccc(CN(C)C(C)c3ccco3)c2)nn1. The number of rotatable bonds is 6. The quantitative estimate of drug-likeness (QED) is 0.732. The number of aromatic nitrogens is 2. The molecule has 2 aromatic heterocycles. The van der Waals surface area contributed by atoms with Crippen molar-refractivity contribution in [1.29, 1.82) is 0 Å². The highest BCUT2D eigenvalue weighted by atomic mass is 16.3. The van der Waals surface area contributed by atoms with E-state index in [0.29, 0.717) is 17.9 Å². The van der Waals surface area contributed by atoms with E-state index in [4.69, 9.17) is 4.42 Å². The van der Waals surface area contributed by atoms with Crippen LogP contribution in [0.2, 0.25) is 0 Å². The Morgan fingerprint density at radius 3 is 2.73 bits per heavy atom. The molecule has 6 heteroatoms. The lowest BCUT2D eigenvalue weighted by molar-refractivity contribution is 0.102. The number of aryl methyl sites for hydroxylation is 1. The topological polar surface area (TPSA) is 71.3 Å². The van der Waals surface area contributed by atoms with Crippen molar-refractivity contribution in [3.63, 3.8) is 0 Å². The van der Waals surface area contributed by atoms with Crippen LogP contribution < -0.4 is 5.32 Å². The number of carbonyl (C=O) groups excluding carboxylic acids is 1. The van der Waals surface area contributed by atoms with E-state index in [1.54, 1.807) is 18.4 Å². The van der Waals surface area contributed by atoms with Crippen LogP contribution in [0.15, 0.2) is 59.2 Å². The Balaban J connectivity index is 1.67. The number of benzene rings is 1. The van der Waals surface area contributed by atoms with Gasteiger partial charge in [-0.2, -0.15) is 5.10 Å². The van der Waals surface area contributed by atoms with Crippen molar-refractivity contribution in [2.75, 3.05) is 12.4 Å². The summed E-state index contributed by atoms with van der Waals surface area (Å²) in [4.78, 5) is 14.6. The molecule has 0 saturated carbocycles. The Kier molecular flexibility index (Phi) is 5.43. The predicted octanol–water partition coefficient (Wildman–Crippen LogP) is 3.82. The van der Waals surface area contributed by atoms with Gasteiger partial charge in [0.25, 0.3) is 5.91 Å². The first kappa shape index (κ1) is 17.8. The molecule has 1 N–H and O–H groups in total. The molecule has 0 radical (unpaired) electrons. The van der Waals surface area contributed by atoms with Crippen LogP contribution in [0.4, 0.5) is 5.82 Å². The lowest BCUT2D eigenvalue weighted by Gasteiger charge is -2.23. The molecule has 26 heavy (non-hydrogen) atoms. The van der Waals surface area contributed by atoms with Gasteiger partial charge >= 0.3 is 0 Å². The molecule has 0 saturated heterocycles. The van der Waals surface area contributed by atoms with Crippen molar-refractivity contribution >= 4 is 11.7 Å². The summed E-state index contributed by atoms with van der Waals surface area (Å²) in [6.45, 7) is 4.64. The summed E-state index contributed by atoms with van der Waals surface area (Å²) in [6, 6.07) is 15.1. The zero-order valence-electron chi connectivity index (χ0n) is 15.1. The van der Waals surface area contributed by atoms with Crippen LogP contribution in [-0.2, 0) is 6.54 Å². The van der Waals surface area contributed by atoms with Crippen LogP contribution in [0.3, 0.4) is 0 Å². The summed E-state index contributed by atoms with van der Waals surface area (Å²) in [5, 5.41) is 10.7. The van der Waals surface area contributed by atoms with Gasteiger partial charge in [0.15, 0.2) is 5.82 Å². The first-order valence-corrected chi connectivity index (χ1v) is 8.47. The summed E-state index contributed by atoms with van der Waals surface area (Å²) in [5.74, 6) is 1.15. The molecule has 1 unspecified atom stereocenters. The highest BCUT2D eigenvalue weighted by molar-refractivity contribution is 6.03. The van der Waals surface area contributed by atoms with E-state index in [1.165, 1.54) is 0 Å². The molecule has 6 nitrogen and oxygen atoms in total. The molecule has 3 rings (SSSR count). The molecule has 0 aliphatic rings. The van der Waals surface area contributed by atoms with Gasteiger partial charge in [-0.05, 0) is 62.9 Å². The summed E-state index contributed by atoms with van der Waals surface area (Å²) < 4.78 is 5.47. The zero-order chi connectivity index (χ0) is 18.5. The standard InChI is InChI=1S/C20H22N4O2/c1-14-9-10-19(23-22-14)21-20(25)17-7-4-6-16(12-17)13-24(3)15(2)18-8-5-11-26-18/h4-12,15H,13H2,1-3H3,(H,21,23,25). The van der Waals surface area contributed by atoms with Crippen molar-refractivity contribution in [3.05, 3.63) is 77.4 Å². The number of carbonyl (C=O) groups is 1. The molecule has 0 aliphatic heterocycles. The summed E-state index contributed by atoms with van der Waals surface area (Å²) in [7, 11) is 2.03. The highest BCUT2D eigenvalue weighted by Gasteiger charge is 2.15. The zero-order valence-corrected chi connectivity index (χ0v) is 15.1. The van der Waals surface area contributed by atoms with Gasteiger partial charge in [0.1, 0.15) is 5.76 Å². The maximum Gasteiger partial charge on any atom is 0.256 e. The van der Waals surface area contributed by atoms with Crippen molar-refractivity contribution in [2.24, 2.45) is 0 Å². The third-order valence-corrected chi connectivity index (χ3v) is 4.28.